The number of aromatic nitrogens is 2. The van der Waals surface area contributed by atoms with Crippen molar-refractivity contribution >= 4 is 17.8 Å². The van der Waals surface area contributed by atoms with Crippen molar-refractivity contribution in [2.24, 2.45) is 11.3 Å². The zero-order chi connectivity index (χ0) is 20.7. The van der Waals surface area contributed by atoms with Gasteiger partial charge in [-0.05, 0) is 24.2 Å². The summed E-state index contributed by atoms with van der Waals surface area (Å²) < 4.78 is 4.86. The summed E-state index contributed by atoms with van der Waals surface area (Å²) in [7, 11) is 1.29. The van der Waals surface area contributed by atoms with E-state index in [0.717, 1.165) is 32.1 Å². The van der Waals surface area contributed by atoms with Crippen LogP contribution in [0.2, 0.25) is 0 Å². The summed E-state index contributed by atoms with van der Waals surface area (Å²) in [6, 6.07) is -1.56. The predicted molar refractivity (Wildman–Crippen MR) is 103 cm³/mol. The van der Waals surface area contributed by atoms with Crippen LogP contribution in [0.5, 0.6) is 0 Å². The maximum absolute atomic E-state index is 13.1. The molecule has 0 aliphatic heterocycles. The average molecular weight is 390 g/mol. The Balaban J connectivity index is 2.21. The van der Waals surface area contributed by atoms with Gasteiger partial charge in [0.2, 0.25) is 5.91 Å². The molecule has 0 saturated heterocycles. The highest BCUT2D eigenvalue weighted by atomic mass is 16.5. The summed E-state index contributed by atoms with van der Waals surface area (Å²) in [4.78, 5) is 45.8. The van der Waals surface area contributed by atoms with Crippen molar-refractivity contribution in [1.29, 1.82) is 0 Å². The van der Waals surface area contributed by atoms with Gasteiger partial charge in [0, 0.05) is 12.4 Å². The fourth-order valence-electron chi connectivity index (χ4n) is 3.48. The fourth-order valence-corrected chi connectivity index (χ4v) is 3.48. The van der Waals surface area contributed by atoms with Gasteiger partial charge in [0.1, 0.15) is 17.8 Å². The topological polar surface area (TPSA) is 110 Å². The Morgan fingerprint density at radius 3 is 2.32 bits per heavy atom. The molecule has 8 nitrogen and oxygen atoms in total. The van der Waals surface area contributed by atoms with E-state index in [-0.39, 0.29) is 17.5 Å². The van der Waals surface area contributed by atoms with E-state index in [4.69, 9.17) is 4.74 Å². The number of nitrogens with zero attached hydrogens (tertiary/aromatic N) is 2. The van der Waals surface area contributed by atoms with E-state index in [1.807, 2.05) is 20.8 Å². The van der Waals surface area contributed by atoms with Crippen molar-refractivity contribution in [3.8, 4) is 0 Å². The molecule has 1 heterocycles. The summed E-state index contributed by atoms with van der Waals surface area (Å²) in [5, 5.41) is 5.61. The largest absolute Gasteiger partial charge is 0.467 e. The van der Waals surface area contributed by atoms with Crippen LogP contribution >= 0.6 is 0 Å². The normalized spacial score (nSPS) is 17.3. The van der Waals surface area contributed by atoms with E-state index in [0.29, 0.717) is 0 Å². The highest BCUT2D eigenvalue weighted by Crippen LogP contribution is 2.28. The molecule has 0 unspecified atom stereocenters. The molecule has 2 atom stereocenters. The Bertz CT molecular complexity index is 681. The zero-order valence-corrected chi connectivity index (χ0v) is 17.0. The molecular weight excluding hydrogens is 360 g/mol. The molecular formula is C20H30N4O4. The summed E-state index contributed by atoms with van der Waals surface area (Å²) in [5.74, 6) is -1.34. The standard InChI is InChI=1S/C20H30N4O4/c1-20(2,3)16(19(27)28-4)24-18(26)15(13-8-6-5-7-9-13)23-17(25)14-12-21-10-11-22-14/h10-13,15-16H,5-9H2,1-4H3,(H,23,25)(H,24,26)/t15-,16-/m1/s1. The van der Waals surface area contributed by atoms with Crippen molar-refractivity contribution < 1.29 is 19.1 Å². The van der Waals surface area contributed by atoms with E-state index < -0.39 is 29.4 Å². The fraction of sp³-hybridized carbons (Fsp3) is 0.650. The SMILES string of the molecule is COC(=O)[C@@H](NC(=O)[C@H](NC(=O)c1cnccn1)C1CCCCC1)C(C)(C)C. The minimum atomic E-state index is -0.815. The summed E-state index contributed by atoms with van der Waals surface area (Å²) >= 11 is 0. The van der Waals surface area contributed by atoms with E-state index >= 15 is 0 Å². The van der Waals surface area contributed by atoms with Gasteiger partial charge in [0.15, 0.2) is 0 Å². The maximum Gasteiger partial charge on any atom is 0.328 e. The number of amides is 2. The second-order valence-electron chi connectivity index (χ2n) is 8.27. The Kier molecular flexibility index (Phi) is 7.48. The molecule has 0 bridgehead atoms. The van der Waals surface area contributed by atoms with E-state index in [1.54, 1.807) is 0 Å². The lowest BCUT2D eigenvalue weighted by molar-refractivity contribution is -0.148. The lowest BCUT2D eigenvalue weighted by Gasteiger charge is -2.34. The lowest BCUT2D eigenvalue weighted by Crippen LogP contribution is -2.58. The summed E-state index contributed by atoms with van der Waals surface area (Å²) in [6.07, 6.45) is 9.09. The molecule has 0 aromatic carbocycles. The van der Waals surface area contributed by atoms with Crippen LogP contribution in [0.15, 0.2) is 18.6 Å². The third-order valence-electron chi connectivity index (χ3n) is 5.08. The van der Waals surface area contributed by atoms with Crippen LogP contribution < -0.4 is 10.6 Å². The Labute approximate surface area is 165 Å². The molecule has 0 spiro atoms. The van der Waals surface area contributed by atoms with Gasteiger partial charge in [-0.15, -0.1) is 0 Å². The minimum absolute atomic E-state index is 0.00707. The van der Waals surface area contributed by atoms with Gasteiger partial charge in [-0.2, -0.15) is 0 Å². The van der Waals surface area contributed by atoms with Crippen LogP contribution in [0.3, 0.4) is 0 Å². The summed E-state index contributed by atoms with van der Waals surface area (Å²) in [6.45, 7) is 5.55. The second kappa shape index (κ2) is 9.61. The molecule has 28 heavy (non-hydrogen) atoms. The van der Waals surface area contributed by atoms with Gasteiger partial charge in [0.25, 0.3) is 5.91 Å². The van der Waals surface area contributed by atoms with Gasteiger partial charge in [-0.1, -0.05) is 40.0 Å². The van der Waals surface area contributed by atoms with Crippen LogP contribution in [-0.2, 0) is 14.3 Å². The van der Waals surface area contributed by atoms with Crippen LogP contribution in [0.25, 0.3) is 0 Å². The molecule has 1 fully saturated rings. The molecule has 2 rings (SSSR count). The number of nitrogens with one attached hydrogen (secondary N) is 2. The minimum Gasteiger partial charge on any atom is -0.467 e. The van der Waals surface area contributed by atoms with E-state index in [2.05, 4.69) is 20.6 Å². The van der Waals surface area contributed by atoms with Crippen molar-refractivity contribution in [2.45, 2.75) is 65.0 Å². The highest BCUT2D eigenvalue weighted by molar-refractivity contribution is 5.96. The number of esters is 1. The zero-order valence-electron chi connectivity index (χ0n) is 17.0. The third kappa shape index (κ3) is 5.74. The number of ether oxygens (including phenoxy) is 1. The smallest absolute Gasteiger partial charge is 0.328 e. The average Bonchev–Trinajstić information content (AvgIpc) is 2.69. The van der Waals surface area contributed by atoms with Gasteiger partial charge < -0.3 is 15.4 Å². The number of carbonyl (C=O) groups is 3. The van der Waals surface area contributed by atoms with Crippen LogP contribution in [0.1, 0.15) is 63.4 Å². The molecule has 2 N–H and O–H groups in total. The molecule has 2 amide bonds. The first-order valence-corrected chi connectivity index (χ1v) is 9.69. The van der Waals surface area contributed by atoms with Crippen LogP contribution in [-0.4, -0.2) is 46.9 Å². The number of methoxy groups -OCH3 is 1. The second-order valence-corrected chi connectivity index (χ2v) is 8.27. The molecule has 154 valence electrons. The molecule has 1 saturated carbocycles. The monoisotopic (exact) mass is 390 g/mol. The molecule has 0 radical (unpaired) electrons. The first kappa shape index (κ1) is 21.8. The van der Waals surface area contributed by atoms with Gasteiger partial charge in [0.05, 0.1) is 13.3 Å². The van der Waals surface area contributed by atoms with Gasteiger partial charge >= 0.3 is 5.97 Å². The first-order chi connectivity index (χ1) is 13.2. The maximum atomic E-state index is 13.1. The van der Waals surface area contributed by atoms with Crippen LogP contribution in [0.4, 0.5) is 0 Å². The third-order valence-corrected chi connectivity index (χ3v) is 5.08. The van der Waals surface area contributed by atoms with Crippen molar-refractivity contribution in [3.63, 3.8) is 0 Å². The lowest BCUT2D eigenvalue weighted by atomic mass is 9.82. The van der Waals surface area contributed by atoms with Gasteiger partial charge in [-0.25, -0.2) is 9.78 Å². The quantitative estimate of drug-likeness (QED) is 0.718. The molecule has 1 aliphatic rings. The number of rotatable bonds is 6. The van der Waals surface area contributed by atoms with Crippen LogP contribution in [0, 0.1) is 11.3 Å². The molecule has 1 aromatic heterocycles. The number of carbonyl (C=O) groups excluding carboxylic acids is 3. The van der Waals surface area contributed by atoms with Crippen molar-refractivity contribution in [1.82, 2.24) is 20.6 Å². The molecule has 8 heteroatoms. The highest BCUT2D eigenvalue weighted by Gasteiger charge is 2.38. The van der Waals surface area contributed by atoms with Gasteiger partial charge in [-0.3, -0.25) is 14.6 Å². The predicted octanol–water partition coefficient (Wildman–Crippen LogP) is 1.86. The molecule has 1 aliphatic carbocycles. The number of hydrogen-bond acceptors (Lipinski definition) is 6. The Hall–Kier alpha value is -2.51. The summed E-state index contributed by atoms with van der Waals surface area (Å²) in [5.41, 5.74) is -0.383. The van der Waals surface area contributed by atoms with Crippen molar-refractivity contribution in [2.75, 3.05) is 7.11 Å². The molecule has 1 aromatic rings. The van der Waals surface area contributed by atoms with E-state index in [9.17, 15) is 14.4 Å². The first-order valence-electron chi connectivity index (χ1n) is 9.69. The Morgan fingerprint density at radius 2 is 1.79 bits per heavy atom. The van der Waals surface area contributed by atoms with E-state index in [1.165, 1.54) is 25.7 Å². The van der Waals surface area contributed by atoms with Crippen molar-refractivity contribution in [3.05, 3.63) is 24.3 Å². The Morgan fingerprint density at radius 1 is 1.11 bits per heavy atom. The number of hydrogen-bond donors (Lipinski definition) is 2.